The van der Waals surface area contributed by atoms with Gasteiger partial charge in [0.2, 0.25) is 5.91 Å². The third kappa shape index (κ3) is 8.95. The zero-order valence-electron chi connectivity index (χ0n) is 15.9. The number of hydrogen-bond acceptors (Lipinski definition) is 5. The molecule has 27 heavy (non-hydrogen) atoms. The van der Waals surface area contributed by atoms with Gasteiger partial charge in [0.15, 0.2) is 5.96 Å². The summed E-state index contributed by atoms with van der Waals surface area (Å²) in [5, 5.41) is 6.07. The first-order valence-electron chi connectivity index (χ1n) is 8.87. The molecule has 0 spiro atoms. The van der Waals surface area contributed by atoms with Crippen molar-refractivity contribution in [1.82, 2.24) is 20.4 Å². The number of methoxy groups -OCH3 is 1. The maximum atomic E-state index is 11.8. The highest BCUT2D eigenvalue weighted by Gasteiger charge is 2.20. The van der Waals surface area contributed by atoms with Crippen LogP contribution < -0.4 is 10.6 Å². The van der Waals surface area contributed by atoms with Gasteiger partial charge in [0.05, 0.1) is 10.9 Å². The molecule has 0 radical (unpaired) electrons. The van der Waals surface area contributed by atoms with Crippen molar-refractivity contribution in [2.45, 2.75) is 13.5 Å². The maximum Gasteiger partial charge on any atom is 0.241 e. The Morgan fingerprint density at radius 3 is 2.63 bits per heavy atom. The molecule has 2 N–H and O–H groups in total. The molecule has 1 saturated heterocycles. The van der Waals surface area contributed by atoms with Gasteiger partial charge >= 0.3 is 0 Å². The zero-order chi connectivity index (χ0) is 18.8. The second kappa shape index (κ2) is 13.5. The summed E-state index contributed by atoms with van der Waals surface area (Å²) in [6.07, 6.45) is 0. The Bertz CT molecular complexity index is 594. The van der Waals surface area contributed by atoms with Crippen molar-refractivity contribution < 1.29 is 9.53 Å². The SMILES string of the molecule is CCNC(=NCC(=O)NCCOC)N1CCN(Cc2ccc(Cl)s2)CC1.I. The smallest absolute Gasteiger partial charge is 0.241 e. The fraction of sp³-hybridized carbons (Fsp3) is 0.647. The minimum atomic E-state index is -0.0920. The average molecular weight is 530 g/mol. The number of guanidine groups is 1. The molecule has 0 unspecified atom stereocenters. The Kier molecular flexibility index (Phi) is 12.2. The molecular formula is C17H29ClIN5O2S. The molecule has 1 aromatic rings. The quantitative estimate of drug-likeness (QED) is 0.233. The molecule has 10 heteroatoms. The third-order valence-corrected chi connectivity index (χ3v) is 5.23. The van der Waals surface area contributed by atoms with Gasteiger partial charge in [-0.15, -0.1) is 35.3 Å². The normalized spacial score (nSPS) is 15.4. The second-order valence-corrected chi connectivity index (χ2v) is 7.78. The van der Waals surface area contributed by atoms with Crippen LogP contribution in [0.2, 0.25) is 4.34 Å². The summed E-state index contributed by atoms with van der Waals surface area (Å²) < 4.78 is 5.76. The number of halogens is 2. The van der Waals surface area contributed by atoms with Crippen LogP contribution in [0.3, 0.4) is 0 Å². The van der Waals surface area contributed by atoms with E-state index < -0.39 is 0 Å². The number of hydrogen-bond donors (Lipinski definition) is 2. The lowest BCUT2D eigenvalue weighted by atomic mass is 10.3. The highest BCUT2D eigenvalue weighted by molar-refractivity contribution is 14.0. The molecule has 154 valence electrons. The third-order valence-electron chi connectivity index (χ3n) is 4.02. The van der Waals surface area contributed by atoms with Crippen LogP contribution in [0.5, 0.6) is 0 Å². The first-order valence-corrected chi connectivity index (χ1v) is 10.1. The van der Waals surface area contributed by atoms with E-state index in [1.165, 1.54) is 4.88 Å². The molecule has 0 aliphatic carbocycles. The number of aliphatic imine (C=N–C) groups is 1. The lowest BCUT2D eigenvalue weighted by molar-refractivity contribution is -0.119. The van der Waals surface area contributed by atoms with Crippen LogP contribution in [0.4, 0.5) is 0 Å². The highest BCUT2D eigenvalue weighted by atomic mass is 127. The van der Waals surface area contributed by atoms with E-state index in [2.05, 4.69) is 31.5 Å². The number of rotatable bonds is 8. The molecule has 0 aromatic carbocycles. The van der Waals surface area contributed by atoms with Crippen LogP contribution in [0, 0.1) is 0 Å². The number of ether oxygens (including phenoxy) is 1. The summed E-state index contributed by atoms with van der Waals surface area (Å²) in [7, 11) is 1.61. The molecule has 1 aromatic heterocycles. The van der Waals surface area contributed by atoms with E-state index in [-0.39, 0.29) is 36.4 Å². The van der Waals surface area contributed by atoms with E-state index in [0.717, 1.165) is 49.6 Å². The average Bonchev–Trinajstić information content (AvgIpc) is 3.04. The Labute approximate surface area is 187 Å². The molecular weight excluding hydrogens is 501 g/mol. The van der Waals surface area contributed by atoms with E-state index in [0.29, 0.717) is 13.2 Å². The van der Waals surface area contributed by atoms with Crippen LogP contribution in [0.15, 0.2) is 17.1 Å². The summed E-state index contributed by atoms with van der Waals surface area (Å²) in [5.74, 6) is 0.707. The van der Waals surface area contributed by atoms with Crippen LogP contribution in [0.1, 0.15) is 11.8 Å². The first kappa shape index (κ1) is 24.4. The van der Waals surface area contributed by atoms with Crippen molar-refractivity contribution in [1.29, 1.82) is 0 Å². The van der Waals surface area contributed by atoms with Crippen molar-refractivity contribution in [2.24, 2.45) is 4.99 Å². The first-order chi connectivity index (χ1) is 12.6. The van der Waals surface area contributed by atoms with Crippen molar-refractivity contribution in [3.8, 4) is 0 Å². The summed E-state index contributed by atoms with van der Waals surface area (Å²) in [5.41, 5.74) is 0. The Morgan fingerprint density at radius 2 is 2.04 bits per heavy atom. The van der Waals surface area contributed by atoms with E-state index in [1.54, 1.807) is 18.4 Å². The molecule has 0 saturated carbocycles. The van der Waals surface area contributed by atoms with Crippen molar-refractivity contribution in [3.05, 3.63) is 21.3 Å². The van der Waals surface area contributed by atoms with Gasteiger partial charge in [0.1, 0.15) is 6.54 Å². The van der Waals surface area contributed by atoms with Gasteiger partial charge in [-0.25, -0.2) is 4.99 Å². The maximum absolute atomic E-state index is 11.8. The van der Waals surface area contributed by atoms with E-state index in [4.69, 9.17) is 16.3 Å². The van der Waals surface area contributed by atoms with Gasteiger partial charge in [-0.3, -0.25) is 9.69 Å². The number of carbonyl (C=O) groups is 1. The Morgan fingerprint density at radius 1 is 1.30 bits per heavy atom. The zero-order valence-corrected chi connectivity index (χ0v) is 19.8. The number of piperazine rings is 1. The molecule has 1 amide bonds. The van der Waals surface area contributed by atoms with Crippen molar-refractivity contribution in [2.75, 3.05) is 59.5 Å². The van der Waals surface area contributed by atoms with E-state index in [1.807, 2.05) is 13.0 Å². The van der Waals surface area contributed by atoms with Crippen LogP contribution >= 0.6 is 46.9 Å². The largest absolute Gasteiger partial charge is 0.383 e. The number of nitrogens with zero attached hydrogens (tertiary/aromatic N) is 3. The van der Waals surface area contributed by atoms with Crippen LogP contribution in [0.25, 0.3) is 0 Å². The number of amides is 1. The number of carbonyl (C=O) groups excluding carboxylic acids is 1. The standard InChI is InChI=1S/C17H28ClN5O2S.HI/c1-3-19-17(21-12-16(24)20-6-11-25-2)23-9-7-22(8-10-23)13-14-4-5-15(18)26-14;/h4-5H,3,6-13H2,1-2H3,(H,19,21)(H,20,24);1H. The fourth-order valence-corrected chi connectivity index (χ4v) is 3.83. The van der Waals surface area contributed by atoms with E-state index >= 15 is 0 Å². The summed E-state index contributed by atoms with van der Waals surface area (Å²) in [6, 6.07) is 4.04. The van der Waals surface area contributed by atoms with Gasteiger partial charge in [0, 0.05) is 57.8 Å². The number of nitrogens with one attached hydrogen (secondary N) is 2. The topological polar surface area (TPSA) is 69.2 Å². The van der Waals surface area contributed by atoms with Gasteiger partial charge in [-0.2, -0.15) is 0 Å². The van der Waals surface area contributed by atoms with Gasteiger partial charge < -0.3 is 20.3 Å². The molecule has 1 fully saturated rings. The molecule has 2 rings (SSSR count). The van der Waals surface area contributed by atoms with Gasteiger partial charge in [-0.05, 0) is 19.1 Å². The summed E-state index contributed by atoms with van der Waals surface area (Å²) in [4.78, 5) is 22.2. The minimum absolute atomic E-state index is 0. The molecule has 2 heterocycles. The predicted molar refractivity (Wildman–Crippen MR) is 122 cm³/mol. The summed E-state index contributed by atoms with van der Waals surface area (Å²) >= 11 is 7.64. The summed E-state index contributed by atoms with van der Waals surface area (Å²) in [6.45, 7) is 8.57. The Hall–Kier alpha value is -0.620. The molecule has 1 aliphatic rings. The lowest BCUT2D eigenvalue weighted by Crippen LogP contribution is -2.52. The second-order valence-electron chi connectivity index (χ2n) is 5.98. The van der Waals surface area contributed by atoms with Crippen LogP contribution in [-0.4, -0.2) is 81.2 Å². The van der Waals surface area contributed by atoms with Gasteiger partial charge in [0.25, 0.3) is 0 Å². The van der Waals surface area contributed by atoms with Crippen LogP contribution in [-0.2, 0) is 16.1 Å². The highest BCUT2D eigenvalue weighted by Crippen LogP contribution is 2.23. The molecule has 1 aliphatic heterocycles. The van der Waals surface area contributed by atoms with Gasteiger partial charge in [-0.1, -0.05) is 11.6 Å². The molecule has 0 atom stereocenters. The van der Waals surface area contributed by atoms with Crippen molar-refractivity contribution >= 4 is 58.8 Å². The predicted octanol–water partition coefficient (Wildman–Crippen LogP) is 1.87. The lowest BCUT2D eigenvalue weighted by Gasteiger charge is -2.36. The minimum Gasteiger partial charge on any atom is -0.383 e. The van der Waals surface area contributed by atoms with E-state index in [9.17, 15) is 4.79 Å². The Balaban J connectivity index is 0.00000364. The fourth-order valence-electron chi connectivity index (χ4n) is 2.70. The molecule has 7 nitrogen and oxygen atoms in total. The monoisotopic (exact) mass is 529 g/mol. The number of thiophene rings is 1. The molecule has 0 bridgehead atoms. The van der Waals surface area contributed by atoms with Crippen molar-refractivity contribution in [3.63, 3.8) is 0 Å².